The molecule has 0 bridgehead atoms. The van der Waals surface area contributed by atoms with E-state index in [9.17, 15) is 0 Å². The van der Waals surface area contributed by atoms with Crippen LogP contribution in [-0.4, -0.2) is 62.2 Å². The molecule has 18 heavy (non-hydrogen) atoms. The first-order valence-corrected chi connectivity index (χ1v) is 7.20. The molecule has 1 unspecified atom stereocenters. The van der Waals surface area contributed by atoms with Crippen LogP contribution in [0.25, 0.3) is 0 Å². The van der Waals surface area contributed by atoms with Gasteiger partial charge in [0, 0.05) is 19.1 Å². The SMILES string of the molecule is CN(C)CC1CCN(CC(C#N)NC2CC2)CC1. The van der Waals surface area contributed by atoms with E-state index in [0.29, 0.717) is 6.04 Å². The lowest BCUT2D eigenvalue weighted by molar-refractivity contribution is 0.156. The number of nitriles is 1. The van der Waals surface area contributed by atoms with Crippen molar-refractivity contribution in [1.82, 2.24) is 15.1 Å². The summed E-state index contributed by atoms with van der Waals surface area (Å²) >= 11 is 0. The second kappa shape index (κ2) is 6.51. The van der Waals surface area contributed by atoms with Crippen molar-refractivity contribution >= 4 is 0 Å². The second-order valence-electron chi connectivity index (χ2n) is 6.13. The van der Waals surface area contributed by atoms with Gasteiger partial charge in [-0.25, -0.2) is 0 Å². The van der Waals surface area contributed by atoms with Gasteiger partial charge in [-0.1, -0.05) is 0 Å². The topological polar surface area (TPSA) is 42.3 Å². The van der Waals surface area contributed by atoms with E-state index in [4.69, 9.17) is 5.26 Å². The molecule has 0 aromatic carbocycles. The number of hydrogen-bond donors (Lipinski definition) is 1. The van der Waals surface area contributed by atoms with Gasteiger partial charge in [0.25, 0.3) is 0 Å². The van der Waals surface area contributed by atoms with E-state index in [1.165, 1.54) is 32.2 Å². The minimum absolute atomic E-state index is 0.0305. The smallest absolute Gasteiger partial charge is 0.108 e. The molecular weight excluding hydrogens is 224 g/mol. The maximum absolute atomic E-state index is 9.16. The van der Waals surface area contributed by atoms with Gasteiger partial charge in [0.05, 0.1) is 6.07 Å². The fourth-order valence-corrected chi connectivity index (χ4v) is 2.79. The molecule has 1 aliphatic carbocycles. The molecule has 1 atom stereocenters. The van der Waals surface area contributed by atoms with Gasteiger partial charge in [0.1, 0.15) is 6.04 Å². The van der Waals surface area contributed by atoms with Crippen LogP contribution in [0.5, 0.6) is 0 Å². The van der Waals surface area contributed by atoms with Gasteiger partial charge in [0.15, 0.2) is 0 Å². The van der Waals surface area contributed by atoms with Gasteiger partial charge in [-0.05, 0) is 58.8 Å². The van der Waals surface area contributed by atoms with Gasteiger partial charge >= 0.3 is 0 Å². The fraction of sp³-hybridized carbons (Fsp3) is 0.929. The van der Waals surface area contributed by atoms with Crippen molar-refractivity contribution in [3.63, 3.8) is 0 Å². The molecular formula is C14H26N4. The van der Waals surface area contributed by atoms with E-state index >= 15 is 0 Å². The third kappa shape index (κ3) is 4.56. The van der Waals surface area contributed by atoms with E-state index in [2.05, 4.69) is 35.3 Å². The van der Waals surface area contributed by atoms with Crippen LogP contribution >= 0.6 is 0 Å². The lowest BCUT2D eigenvalue weighted by atomic mass is 9.96. The maximum Gasteiger partial charge on any atom is 0.108 e. The lowest BCUT2D eigenvalue weighted by Gasteiger charge is -2.34. The van der Waals surface area contributed by atoms with Crippen LogP contribution in [-0.2, 0) is 0 Å². The summed E-state index contributed by atoms with van der Waals surface area (Å²) in [5.41, 5.74) is 0. The van der Waals surface area contributed by atoms with E-state index < -0.39 is 0 Å². The Kier molecular flexibility index (Phi) is 4.99. The fourth-order valence-electron chi connectivity index (χ4n) is 2.79. The Morgan fingerprint density at radius 1 is 1.28 bits per heavy atom. The number of likely N-dealkylation sites (tertiary alicyclic amines) is 1. The van der Waals surface area contributed by atoms with Gasteiger partial charge in [-0.3, -0.25) is 5.32 Å². The largest absolute Gasteiger partial charge is 0.309 e. The number of nitrogens with zero attached hydrogens (tertiary/aromatic N) is 3. The highest BCUT2D eigenvalue weighted by Gasteiger charge is 2.27. The Balaban J connectivity index is 1.67. The lowest BCUT2D eigenvalue weighted by Crippen LogP contribution is -2.45. The summed E-state index contributed by atoms with van der Waals surface area (Å²) in [6, 6.07) is 3.06. The van der Waals surface area contributed by atoms with Crippen molar-refractivity contribution in [3.05, 3.63) is 0 Å². The molecule has 1 aliphatic heterocycles. The average Bonchev–Trinajstić information content (AvgIpc) is 3.14. The van der Waals surface area contributed by atoms with E-state index in [1.54, 1.807) is 0 Å². The third-order valence-electron chi connectivity index (χ3n) is 3.94. The molecule has 1 heterocycles. The van der Waals surface area contributed by atoms with Gasteiger partial charge < -0.3 is 9.80 Å². The first kappa shape index (κ1) is 13.8. The maximum atomic E-state index is 9.16. The highest BCUT2D eigenvalue weighted by atomic mass is 15.2. The number of rotatable bonds is 6. The molecule has 1 saturated heterocycles. The monoisotopic (exact) mass is 250 g/mol. The average molecular weight is 250 g/mol. The first-order chi connectivity index (χ1) is 8.67. The molecule has 0 amide bonds. The summed E-state index contributed by atoms with van der Waals surface area (Å²) < 4.78 is 0. The Hall–Kier alpha value is -0.630. The van der Waals surface area contributed by atoms with E-state index in [-0.39, 0.29) is 6.04 Å². The summed E-state index contributed by atoms with van der Waals surface area (Å²) in [6.07, 6.45) is 5.06. The number of nitrogens with one attached hydrogen (secondary N) is 1. The summed E-state index contributed by atoms with van der Waals surface area (Å²) in [6.45, 7) is 4.42. The van der Waals surface area contributed by atoms with Crippen LogP contribution in [0.15, 0.2) is 0 Å². The van der Waals surface area contributed by atoms with Gasteiger partial charge in [-0.2, -0.15) is 5.26 Å². The second-order valence-corrected chi connectivity index (χ2v) is 6.13. The van der Waals surface area contributed by atoms with Crippen molar-refractivity contribution < 1.29 is 0 Å². The third-order valence-corrected chi connectivity index (χ3v) is 3.94. The minimum Gasteiger partial charge on any atom is -0.309 e. The van der Waals surface area contributed by atoms with Crippen molar-refractivity contribution in [2.75, 3.05) is 40.3 Å². The van der Waals surface area contributed by atoms with Crippen molar-refractivity contribution in [1.29, 1.82) is 5.26 Å². The zero-order valence-corrected chi connectivity index (χ0v) is 11.7. The number of piperidine rings is 1. The number of hydrogen-bond acceptors (Lipinski definition) is 4. The van der Waals surface area contributed by atoms with Crippen LogP contribution in [0.3, 0.4) is 0 Å². The summed E-state index contributed by atoms with van der Waals surface area (Å²) in [7, 11) is 4.30. The van der Waals surface area contributed by atoms with Crippen molar-refractivity contribution in [3.8, 4) is 6.07 Å². The molecule has 102 valence electrons. The normalized spacial score (nSPS) is 24.1. The Morgan fingerprint density at radius 3 is 2.44 bits per heavy atom. The molecule has 0 spiro atoms. The Bertz CT molecular complexity index is 285. The van der Waals surface area contributed by atoms with Crippen LogP contribution in [0.2, 0.25) is 0 Å². The molecule has 0 aromatic heterocycles. The minimum atomic E-state index is 0.0305. The van der Waals surface area contributed by atoms with Gasteiger partial charge in [-0.15, -0.1) is 0 Å². The predicted molar refractivity (Wildman–Crippen MR) is 73.3 cm³/mol. The van der Waals surface area contributed by atoms with E-state index in [1.807, 2.05) is 0 Å². The van der Waals surface area contributed by atoms with Crippen LogP contribution in [0, 0.1) is 17.2 Å². The molecule has 4 nitrogen and oxygen atoms in total. The van der Waals surface area contributed by atoms with E-state index in [0.717, 1.165) is 25.6 Å². The molecule has 2 aliphatic rings. The molecule has 1 N–H and O–H groups in total. The highest BCUT2D eigenvalue weighted by Crippen LogP contribution is 2.21. The quantitative estimate of drug-likeness (QED) is 0.761. The summed E-state index contributed by atoms with van der Waals surface area (Å²) in [5, 5.41) is 12.6. The molecule has 2 rings (SSSR count). The van der Waals surface area contributed by atoms with Gasteiger partial charge in [0.2, 0.25) is 0 Å². The van der Waals surface area contributed by atoms with Crippen molar-refractivity contribution in [2.45, 2.75) is 37.8 Å². The molecule has 0 radical (unpaired) electrons. The molecule has 4 heteroatoms. The zero-order chi connectivity index (χ0) is 13.0. The van der Waals surface area contributed by atoms with Crippen LogP contribution in [0.4, 0.5) is 0 Å². The Morgan fingerprint density at radius 2 is 1.94 bits per heavy atom. The molecule has 2 fully saturated rings. The highest BCUT2D eigenvalue weighted by molar-refractivity contribution is 4.97. The first-order valence-electron chi connectivity index (χ1n) is 7.20. The van der Waals surface area contributed by atoms with Crippen LogP contribution in [0.1, 0.15) is 25.7 Å². The molecule has 1 saturated carbocycles. The van der Waals surface area contributed by atoms with Crippen LogP contribution < -0.4 is 5.32 Å². The zero-order valence-electron chi connectivity index (χ0n) is 11.7. The predicted octanol–water partition coefficient (Wildman–Crippen LogP) is 0.904. The van der Waals surface area contributed by atoms with Crippen molar-refractivity contribution in [2.24, 2.45) is 5.92 Å². The standard InChI is InChI=1S/C14H26N4/c1-17(2)10-12-5-7-18(8-6-12)11-14(9-15)16-13-3-4-13/h12-14,16H,3-8,10-11H2,1-2H3. The summed E-state index contributed by atoms with van der Waals surface area (Å²) in [4.78, 5) is 4.74. The molecule has 0 aromatic rings. The summed E-state index contributed by atoms with van der Waals surface area (Å²) in [5.74, 6) is 0.841. The Labute approximate surface area is 111 Å².